The zero-order valence-electron chi connectivity index (χ0n) is 7.46. The molecule has 64 valence electrons. The average Bonchev–Trinajstić information content (AvgIpc) is 1.85. The van der Waals surface area contributed by atoms with Crippen molar-refractivity contribution in [2.75, 3.05) is 34.3 Å². The largest absolute Gasteiger partial charge is 0.331 e. The van der Waals surface area contributed by atoms with E-state index in [0.29, 0.717) is 6.61 Å². The molecule has 0 rings (SSSR count). The second kappa shape index (κ2) is 5.00. The Morgan fingerprint density at radius 2 is 2.00 bits per heavy atom. The van der Waals surface area contributed by atoms with E-state index in [1.54, 1.807) is 0 Å². The number of nitrogens with zero attached hydrogens (tertiary/aromatic N) is 1. The van der Waals surface area contributed by atoms with E-state index in [0.717, 1.165) is 17.4 Å². The molecule has 0 N–H and O–H groups in total. The van der Waals surface area contributed by atoms with Gasteiger partial charge in [0.15, 0.2) is 6.11 Å². The Bertz CT molecular complexity index is 132. The summed E-state index contributed by atoms with van der Waals surface area (Å²) < 4.78 is 0.930. The van der Waals surface area contributed by atoms with Crippen LogP contribution in [0.4, 0.5) is 0 Å². The third-order valence-electron chi connectivity index (χ3n) is 1.16. The first-order valence-corrected chi connectivity index (χ1v) is 3.61. The highest BCUT2D eigenvalue weighted by atomic mass is 17.2. The van der Waals surface area contributed by atoms with Crippen LogP contribution in [0.5, 0.6) is 0 Å². The molecule has 0 aliphatic heterocycles. The third kappa shape index (κ3) is 9.28. The predicted molar refractivity (Wildman–Crippen MR) is 43.4 cm³/mol. The van der Waals surface area contributed by atoms with Gasteiger partial charge in [-0.2, -0.15) is 4.89 Å². The molecule has 0 aromatic heterocycles. The molecule has 0 radical (unpaired) electrons. The smallest absolute Gasteiger partial charge is 0.153 e. The Hall–Kier alpha value is -0.720. The number of terminal acetylenes is 1. The molecule has 0 fully saturated rings. The molecule has 0 saturated heterocycles. The minimum Gasteiger partial charge on any atom is -0.331 e. The van der Waals surface area contributed by atoms with E-state index in [1.807, 2.05) is 6.11 Å². The summed E-state index contributed by atoms with van der Waals surface area (Å²) in [5, 5.41) is 0. The van der Waals surface area contributed by atoms with Crippen molar-refractivity contribution in [1.82, 2.24) is 0 Å². The van der Waals surface area contributed by atoms with Gasteiger partial charge in [0.2, 0.25) is 0 Å². The maximum Gasteiger partial charge on any atom is 0.153 e. The minimum absolute atomic E-state index is 0.555. The third-order valence-corrected chi connectivity index (χ3v) is 1.16. The van der Waals surface area contributed by atoms with Crippen LogP contribution in [0.3, 0.4) is 0 Å². The topological polar surface area (TPSA) is 18.5 Å². The Labute approximate surface area is 68.4 Å². The minimum atomic E-state index is 0.555. The van der Waals surface area contributed by atoms with Gasteiger partial charge in [-0.3, -0.25) is 4.89 Å². The molecule has 0 aromatic carbocycles. The first-order chi connectivity index (χ1) is 5.06. The summed E-state index contributed by atoms with van der Waals surface area (Å²) in [6.45, 7) is 1.60. The molecule has 0 saturated carbocycles. The molecule has 3 nitrogen and oxygen atoms in total. The van der Waals surface area contributed by atoms with Crippen LogP contribution in [-0.4, -0.2) is 38.8 Å². The van der Waals surface area contributed by atoms with E-state index in [2.05, 4.69) is 30.9 Å². The molecule has 0 aliphatic rings. The summed E-state index contributed by atoms with van der Waals surface area (Å²) in [6, 6.07) is 0. The van der Waals surface area contributed by atoms with Crippen LogP contribution in [0.15, 0.2) is 0 Å². The number of hydrogen-bond donors (Lipinski definition) is 0. The van der Waals surface area contributed by atoms with Gasteiger partial charge in [0.05, 0.1) is 27.7 Å². The highest BCUT2D eigenvalue weighted by Gasteiger charge is 2.05. The Balaban J connectivity index is 3.10. The van der Waals surface area contributed by atoms with Crippen molar-refractivity contribution in [3.8, 4) is 12.5 Å². The van der Waals surface area contributed by atoms with Crippen LogP contribution in [0.25, 0.3) is 0 Å². The summed E-state index contributed by atoms with van der Waals surface area (Å²) in [4.78, 5) is 8.90. The lowest BCUT2D eigenvalue weighted by Crippen LogP contribution is -2.35. The Morgan fingerprint density at radius 3 is 2.45 bits per heavy atom. The van der Waals surface area contributed by atoms with Gasteiger partial charge in [0.1, 0.15) is 6.61 Å². The molecule has 0 atom stereocenters. The second-order valence-electron chi connectivity index (χ2n) is 3.39. The Morgan fingerprint density at radius 1 is 1.36 bits per heavy atom. The summed E-state index contributed by atoms with van der Waals surface area (Å²) in [6.07, 6.45) is 7.68. The lowest BCUT2D eigenvalue weighted by atomic mass is 10.4. The fraction of sp³-hybridized carbons (Fsp3) is 0.750. The normalized spacial score (nSPS) is 10.7. The molecule has 0 spiro atoms. The second-order valence-corrected chi connectivity index (χ2v) is 3.39. The Kier molecular flexibility index (Phi) is 4.67. The van der Waals surface area contributed by atoms with Gasteiger partial charge in [-0.05, 0) is 0 Å². The van der Waals surface area contributed by atoms with E-state index in [1.165, 1.54) is 0 Å². The first-order valence-electron chi connectivity index (χ1n) is 3.61. The number of hydrogen-bond acceptors (Lipinski definition) is 2. The molecule has 0 aliphatic carbocycles. The van der Waals surface area contributed by atoms with Gasteiger partial charge in [0, 0.05) is 6.42 Å². The van der Waals surface area contributed by atoms with Gasteiger partial charge in [0.25, 0.3) is 0 Å². The van der Waals surface area contributed by atoms with E-state index < -0.39 is 0 Å². The summed E-state index contributed by atoms with van der Waals surface area (Å²) in [5.41, 5.74) is 0. The number of quaternary nitrogens is 1. The zero-order valence-corrected chi connectivity index (χ0v) is 7.46. The van der Waals surface area contributed by atoms with E-state index in [9.17, 15) is 0 Å². The van der Waals surface area contributed by atoms with Gasteiger partial charge >= 0.3 is 0 Å². The molecule has 0 heterocycles. The SMILES string of the molecule is C#COOCCC[N+](C)(C)C. The maximum atomic E-state index is 4.80. The van der Waals surface area contributed by atoms with Crippen LogP contribution in [-0.2, 0) is 9.78 Å². The summed E-state index contributed by atoms with van der Waals surface area (Å²) in [5.74, 6) is 0. The average molecular weight is 158 g/mol. The van der Waals surface area contributed by atoms with Crippen LogP contribution in [0.1, 0.15) is 6.42 Å². The lowest BCUT2D eigenvalue weighted by Gasteiger charge is -2.23. The zero-order chi connectivity index (χ0) is 8.74. The molecule has 0 bridgehead atoms. The molecule has 11 heavy (non-hydrogen) atoms. The van der Waals surface area contributed by atoms with Gasteiger partial charge in [-0.25, -0.2) is 0 Å². The lowest BCUT2D eigenvalue weighted by molar-refractivity contribution is -0.870. The van der Waals surface area contributed by atoms with Gasteiger partial charge < -0.3 is 4.48 Å². The number of rotatable bonds is 5. The molecule has 0 amide bonds. The van der Waals surface area contributed by atoms with Crippen molar-refractivity contribution in [1.29, 1.82) is 0 Å². The predicted octanol–water partition coefficient (Wildman–Crippen LogP) is 0.622. The highest BCUT2D eigenvalue weighted by molar-refractivity contribution is 4.64. The van der Waals surface area contributed by atoms with Crippen molar-refractivity contribution >= 4 is 0 Å². The van der Waals surface area contributed by atoms with E-state index in [-0.39, 0.29) is 0 Å². The van der Waals surface area contributed by atoms with Crippen molar-refractivity contribution in [2.24, 2.45) is 0 Å². The van der Waals surface area contributed by atoms with Crippen molar-refractivity contribution in [2.45, 2.75) is 6.42 Å². The van der Waals surface area contributed by atoms with Gasteiger partial charge in [-0.15, -0.1) is 0 Å². The van der Waals surface area contributed by atoms with Crippen molar-refractivity contribution in [3.05, 3.63) is 0 Å². The maximum absolute atomic E-state index is 4.80. The van der Waals surface area contributed by atoms with Crippen LogP contribution in [0, 0.1) is 12.5 Å². The molecule has 0 unspecified atom stereocenters. The molecule has 0 aromatic rings. The van der Waals surface area contributed by atoms with Crippen molar-refractivity contribution < 1.29 is 14.3 Å². The fourth-order valence-corrected chi connectivity index (χ4v) is 0.674. The summed E-state index contributed by atoms with van der Waals surface area (Å²) in [7, 11) is 6.38. The van der Waals surface area contributed by atoms with Crippen LogP contribution < -0.4 is 0 Å². The standard InChI is InChI=1S/C8H16NO2/c1-5-10-11-8-6-7-9(2,3)4/h1H,6-8H2,2-4H3/q+1. The van der Waals surface area contributed by atoms with Gasteiger partial charge in [-0.1, -0.05) is 6.42 Å². The van der Waals surface area contributed by atoms with E-state index in [4.69, 9.17) is 6.42 Å². The van der Waals surface area contributed by atoms with Crippen LogP contribution in [0.2, 0.25) is 0 Å². The fourth-order valence-electron chi connectivity index (χ4n) is 0.674. The molecular weight excluding hydrogens is 142 g/mol. The highest BCUT2D eigenvalue weighted by Crippen LogP contribution is 1.93. The van der Waals surface area contributed by atoms with E-state index >= 15 is 0 Å². The monoisotopic (exact) mass is 158 g/mol. The molecule has 3 heteroatoms. The van der Waals surface area contributed by atoms with Crippen LogP contribution >= 0.6 is 0 Å². The quantitative estimate of drug-likeness (QED) is 0.192. The molecular formula is C8H16NO2+. The van der Waals surface area contributed by atoms with Crippen molar-refractivity contribution in [3.63, 3.8) is 0 Å². The first kappa shape index (κ1) is 10.3. The summed E-state index contributed by atoms with van der Waals surface area (Å²) >= 11 is 0.